The smallest absolute Gasteiger partial charge is 0.145 e. The zero-order chi connectivity index (χ0) is 41.0. The minimum absolute atomic E-state index is 0.857. The highest BCUT2D eigenvalue weighted by atomic mass is 16.3. The van der Waals surface area contributed by atoms with Gasteiger partial charge in [0.2, 0.25) is 0 Å². The molecule has 2 nitrogen and oxygen atoms in total. The molecule has 12 aromatic rings. The molecule has 0 N–H and O–H groups in total. The summed E-state index contributed by atoms with van der Waals surface area (Å²) in [6.45, 7) is 0. The Bertz CT molecular complexity index is 3630. The third-order valence-electron chi connectivity index (χ3n) is 12.5. The SMILES string of the molecule is c1ccc(-c2ccc(-c3cccc(N(c4ccccc4-c4cccc5ccccc45)c4ccc(-c5cc6ccccc6c6ccccc56)c5oc6ccccc6c45)c3)cc2)cc1. The van der Waals surface area contributed by atoms with E-state index in [1.165, 1.54) is 49.0 Å². The van der Waals surface area contributed by atoms with E-state index in [4.69, 9.17) is 4.42 Å². The number of anilines is 3. The number of benzene rings is 11. The summed E-state index contributed by atoms with van der Waals surface area (Å²) in [6, 6.07) is 85.4. The highest BCUT2D eigenvalue weighted by Gasteiger charge is 2.25. The fourth-order valence-corrected chi connectivity index (χ4v) is 9.56. The zero-order valence-electron chi connectivity index (χ0n) is 33.9. The van der Waals surface area contributed by atoms with Crippen molar-refractivity contribution in [2.24, 2.45) is 0 Å². The molecule has 11 aromatic carbocycles. The van der Waals surface area contributed by atoms with Gasteiger partial charge in [0.1, 0.15) is 11.2 Å². The number of hydrogen-bond donors (Lipinski definition) is 0. The van der Waals surface area contributed by atoms with Crippen molar-refractivity contribution in [2.45, 2.75) is 0 Å². The first-order chi connectivity index (χ1) is 30.8. The van der Waals surface area contributed by atoms with Gasteiger partial charge in [-0.3, -0.25) is 0 Å². The third kappa shape index (κ3) is 5.96. The monoisotopic (exact) mass is 789 g/mol. The molecular formula is C60H39NO. The number of hydrogen-bond acceptors (Lipinski definition) is 2. The van der Waals surface area contributed by atoms with E-state index in [-0.39, 0.29) is 0 Å². The second-order valence-electron chi connectivity index (χ2n) is 16.0. The van der Waals surface area contributed by atoms with Crippen molar-refractivity contribution < 1.29 is 4.42 Å². The summed E-state index contributed by atoms with van der Waals surface area (Å²) in [4.78, 5) is 2.45. The van der Waals surface area contributed by atoms with E-state index in [0.717, 1.165) is 66.8 Å². The second-order valence-corrected chi connectivity index (χ2v) is 16.0. The zero-order valence-corrected chi connectivity index (χ0v) is 33.9. The summed E-state index contributed by atoms with van der Waals surface area (Å²) in [5.41, 5.74) is 14.2. The molecule has 290 valence electrons. The summed E-state index contributed by atoms with van der Waals surface area (Å²) in [5.74, 6) is 0. The average molecular weight is 790 g/mol. The predicted molar refractivity (Wildman–Crippen MR) is 263 cm³/mol. The summed E-state index contributed by atoms with van der Waals surface area (Å²) in [5, 5.41) is 9.45. The lowest BCUT2D eigenvalue weighted by Crippen LogP contribution is -2.12. The minimum atomic E-state index is 0.857. The number of rotatable bonds is 7. The Labute approximate surface area is 360 Å². The maximum atomic E-state index is 7.05. The summed E-state index contributed by atoms with van der Waals surface area (Å²) >= 11 is 0. The largest absolute Gasteiger partial charge is 0.455 e. The molecule has 0 spiro atoms. The molecule has 0 bridgehead atoms. The van der Waals surface area contributed by atoms with Crippen molar-refractivity contribution in [3.8, 4) is 44.5 Å². The maximum absolute atomic E-state index is 7.05. The topological polar surface area (TPSA) is 16.4 Å². The third-order valence-corrected chi connectivity index (χ3v) is 12.5. The van der Waals surface area contributed by atoms with Crippen LogP contribution in [-0.4, -0.2) is 0 Å². The highest BCUT2D eigenvalue weighted by molar-refractivity contribution is 6.21. The molecule has 0 aliphatic carbocycles. The van der Waals surface area contributed by atoms with Crippen LogP contribution in [0.3, 0.4) is 0 Å². The molecule has 12 rings (SSSR count). The highest BCUT2D eigenvalue weighted by Crippen LogP contribution is 2.50. The first kappa shape index (κ1) is 35.7. The van der Waals surface area contributed by atoms with Gasteiger partial charge < -0.3 is 9.32 Å². The molecular weight excluding hydrogens is 751 g/mol. The van der Waals surface area contributed by atoms with Gasteiger partial charge in [0, 0.05) is 22.2 Å². The lowest BCUT2D eigenvalue weighted by Gasteiger charge is -2.29. The molecule has 0 fully saturated rings. The summed E-state index contributed by atoms with van der Waals surface area (Å²) in [6.07, 6.45) is 0. The molecule has 62 heavy (non-hydrogen) atoms. The fourth-order valence-electron chi connectivity index (χ4n) is 9.56. The molecule has 0 saturated heterocycles. The van der Waals surface area contributed by atoms with Gasteiger partial charge >= 0.3 is 0 Å². The van der Waals surface area contributed by atoms with Gasteiger partial charge in [-0.2, -0.15) is 0 Å². The quantitative estimate of drug-likeness (QED) is 0.150. The molecule has 1 aromatic heterocycles. The Morgan fingerprint density at radius 3 is 1.71 bits per heavy atom. The molecule has 0 aliphatic heterocycles. The van der Waals surface area contributed by atoms with Gasteiger partial charge in [-0.25, -0.2) is 0 Å². The van der Waals surface area contributed by atoms with Gasteiger partial charge in [0.05, 0.1) is 16.8 Å². The Kier molecular flexibility index (Phi) is 8.53. The van der Waals surface area contributed by atoms with Crippen LogP contribution >= 0.6 is 0 Å². The van der Waals surface area contributed by atoms with Crippen LogP contribution in [0.4, 0.5) is 17.1 Å². The average Bonchev–Trinajstić information content (AvgIpc) is 3.75. The van der Waals surface area contributed by atoms with Crippen molar-refractivity contribution in [2.75, 3.05) is 4.90 Å². The van der Waals surface area contributed by atoms with Crippen molar-refractivity contribution in [1.82, 2.24) is 0 Å². The van der Waals surface area contributed by atoms with Crippen LogP contribution in [-0.2, 0) is 0 Å². The van der Waals surface area contributed by atoms with Crippen LogP contribution in [0.15, 0.2) is 241 Å². The Hall–Kier alpha value is -8.20. The van der Waals surface area contributed by atoms with Gasteiger partial charge in [-0.1, -0.05) is 194 Å². The van der Waals surface area contributed by atoms with E-state index in [1.807, 2.05) is 0 Å². The lowest BCUT2D eigenvalue weighted by molar-refractivity contribution is 0.670. The lowest BCUT2D eigenvalue weighted by atomic mass is 9.91. The van der Waals surface area contributed by atoms with Crippen molar-refractivity contribution in [3.63, 3.8) is 0 Å². The van der Waals surface area contributed by atoms with E-state index < -0.39 is 0 Å². The fraction of sp³-hybridized carbons (Fsp3) is 0. The minimum Gasteiger partial charge on any atom is -0.455 e. The Morgan fingerprint density at radius 2 is 0.871 bits per heavy atom. The van der Waals surface area contributed by atoms with Crippen LogP contribution in [0, 0.1) is 0 Å². The second kappa shape index (κ2) is 14.8. The standard InChI is InChI=1S/C60H39NO/c1-2-16-40(17-3-1)41-32-34-42(35-33-41)44-21-14-22-46(38-44)61(56-30-12-10-27-52(56)50-29-15-20-43-18-4-6-23-47(43)50)57-37-36-53(60-59(57)54-28-11-13-31-58(54)62-60)55-39-45-19-5-7-24-48(45)49-25-8-9-26-51(49)55/h1-39H. The van der Waals surface area contributed by atoms with Crippen molar-refractivity contribution in [1.29, 1.82) is 0 Å². The van der Waals surface area contributed by atoms with E-state index in [2.05, 4.69) is 241 Å². The van der Waals surface area contributed by atoms with E-state index in [0.29, 0.717) is 0 Å². The van der Waals surface area contributed by atoms with Gasteiger partial charge in [0.25, 0.3) is 0 Å². The number of fused-ring (bicyclic) bond motifs is 7. The number of nitrogens with zero attached hydrogens (tertiary/aromatic N) is 1. The molecule has 1 heterocycles. The molecule has 0 atom stereocenters. The first-order valence-electron chi connectivity index (χ1n) is 21.3. The normalized spacial score (nSPS) is 11.5. The van der Waals surface area contributed by atoms with Crippen LogP contribution in [0.25, 0.3) is 98.8 Å². The molecule has 0 radical (unpaired) electrons. The number of furan rings is 1. The van der Waals surface area contributed by atoms with Crippen LogP contribution in [0.2, 0.25) is 0 Å². The van der Waals surface area contributed by atoms with Crippen molar-refractivity contribution in [3.05, 3.63) is 237 Å². The van der Waals surface area contributed by atoms with Gasteiger partial charge in [-0.05, 0) is 108 Å². The number of para-hydroxylation sites is 2. The van der Waals surface area contributed by atoms with Crippen LogP contribution in [0.5, 0.6) is 0 Å². The van der Waals surface area contributed by atoms with Gasteiger partial charge in [-0.15, -0.1) is 0 Å². The molecule has 0 aliphatic rings. The molecule has 0 saturated carbocycles. The van der Waals surface area contributed by atoms with Crippen LogP contribution in [0.1, 0.15) is 0 Å². The van der Waals surface area contributed by atoms with E-state index in [1.54, 1.807) is 0 Å². The Morgan fingerprint density at radius 1 is 0.290 bits per heavy atom. The van der Waals surface area contributed by atoms with Crippen LogP contribution < -0.4 is 4.90 Å². The van der Waals surface area contributed by atoms with Gasteiger partial charge in [0.15, 0.2) is 0 Å². The maximum Gasteiger partial charge on any atom is 0.145 e. The van der Waals surface area contributed by atoms with E-state index >= 15 is 0 Å². The Balaban J connectivity index is 1.12. The van der Waals surface area contributed by atoms with Crippen molar-refractivity contribution >= 4 is 71.3 Å². The predicted octanol–water partition coefficient (Wildman–Crippen LogP) is 17.2. The molecule has 2 heteroatoms. The first-order valence-corrected chi connectivity index (χ1v) is 21.3. The van der Waals surface area contributed by atoms with E-state index in [9.17, 15) is 0 Å². The summed E-state index contributed by atoms with van der Waals surface area (Å²) < 4.78 is 7.05. The molecule has 0 unspecified atom stereocenters. The molecule has 0 amide bonds. The summed E-state index contributed by atoms with van der Waals surface area (Å²) in [7, 11) is 0.